The lowest BCUT2D eigenvalue weighted by molar-refractivity contribution is 0.321. The van der Waals surface area contributed by atoms with Crippen molar-refractivity contribution >= 4 is 11.6 Å². The Morgan fingerprint density at radius 2 is 1.85 bits per heavy atom. The number of hydrogen-bond acceptors (Lipinski definition) is 4. The van der Waals surface area contributed by atoms with Gasteiger partial charge in [-0.1, -0.05) is 11.6 Å². The molecule has 0 aliphatic carbocycles. The molecule has 0 saturated heterocycles. The number of halogens is 2. The Morgan fingerprint density at radius 1 is 1.07 bits per heavy atom. The van der Waals surface area contributed by atoms with E-state index in [2.05, 4.69) is 4.98 Å². The van der Waals surface area contributed by atoms with Gasteiger partial charge in [0.2, 0.25) is 0 Å². The van der Waals surface area contributed by atoms with E-state index in [9.17, 15) is 4.39 Å². The lowest BCUT2D eigenvalue weighted by atomic mass is 10.0. The summed E-state index contributed by atoms with van der Waals surface area (Å²) in [6, 6.07) is 8.40. The summed E-state index contributed by atoms with van der Waals surface area (Å²) in [6.45, 7) is 2.21. The van der Waals surface area contributed by atoms with Crippen molar-refractivity contribution in [3.8, 4) is 39.8 Å². The molecule has 0 radical (unpaired) electrons. The lowest BCUT2D eigenvalue weighted by Crippen LogP contribution is -1.97. The fourth-order valence-corrected chi connectivity index (χ4v) is 3.25. The quantitative estimate of drug-likeness (QED) is 0.596. The second-order valence-electron chi connectivity index (χ2n) is 5.82. The lowest BCUT2D eigenvalue weighted by Gasteiger charge is -2.13. The van der Waals surface area contributed by atoms with Crippen molar-refractivity contribution in [3.05, 3.63) is 47.5 Å². The van der Waals surface area contributed by atoms with Crippen LogP contribution in [0.1, 0.15) is 6.92 Å². The summed E-state index contributed by atoms with van der Waals surface area (Å²) in [6.07, 6.45) is 1.67. The second kappa shape index (κ2) is 7.88. The van der Waals surface area contributed by atoms with Gasteiger partial charge in [0.15, 0.2) is 23.1 Å². The van der Waals surface area contributed by atoms with E-state index >= 15 is 0 Å². The van der Waals surface area contributed by atoms with Crippen LogP contribution in [0.2, 0.25) is 5.02 Å². The minimum absolute atomic E-state index is 0.221. The van der Waals surface area contributed by atoms with Crippen LogP contribution in [-0.2, 0) is 7.05 Å². The van der Waals surface area contributed by atoms with Gasteiger partial charge in [0.05, 0.1) is 43.6 Å². The normalized spacial score (nSPS) is 10.7. The molecule has 0 atom stereocenters. The van der Waals surface area contributed by atoms with E-state index < -0.39 is 5.82 Å². The van der Waals surface area contributed by atoms with Crippen LogP contribution in [0.5, 0.6) is 17.2 Å². The maximum Gasteiger partial charge on any atom is 0.179 e. The number of nitrogens with zero attached hydrogens (tertiary/aromatic N) is 2. The summed E-state index contributed by atoms with van der Waals surface area (Å²) in [7, 11) is 4.92. The predicted octanol–water partition coefficient (Wildman–Crippen LogP) is 4.96. The highest BCUT2D eigenvalue weighted by Gasteiger charge is 2.19. The van der Waals surface area contributed by atoms with Crippen LogP contribution >= 0.6 is 11.6 Å². The van der Waals surface area contributed by atoms with Crippen molar-refractivity contribution < 1.29 is 18.6 Å². The number of hydrogen-bond donors (Lipinski definition) is 0. The van der Waals surface area contributed by atoms with Gasteiger partial charge in [-0.05, 0) is 37.3 Å². The molecule has 1 aromatic heterocycles. The standard InChI is InChI=1S/C20H20ClFN2O3/c1-5-27-16-7-6-12(9-15(16)22)19-18(23-11-24(19)2)13-8-14(21)20(26-4)17(10-13)25-3/h6-11H,5H2,1-4H3. The molecule has 0 aliphatic heterocycles. The van der Waals surface area contributed by atoms with E-state index in [-0.39, 0.29) is 5.75 Å². The van der Waals surface area contributed by atoms with E-state index in [1.165, 1.54) is 13.2 Å². The Morgan fingerprint density at radius 3 is 2.48 bits per heavy atom. The minimum Gasteiger partial charge on any atom is -0.493 e. The van der Waals surface area contributed by atoms with Gasteiger partial charge in [-0.25, -0.2) is 9.37 Å². The van der Waals surface area contributed by atoms with Crippen LogP contribution in [0.4, 0.5) is 4.39 Å². The van der Waals surface area contributed by atoms with Crippen LogP contribution in [0.15, 0.2) is 36.7 Å². The first-order chi connectivity index (χ1) is 13.0. The van der Waals surface area contributed by atoms with Crippen molar-refractivity contribution in [2.45, 2.75) is 6.92 Å². The van der Waals surface area contributed by atoms with Crippen LogP contribution in [0.25, 0.3) is 22.5 Å². The third-order valence-corrected chi connectivity index (χ3v) is 4.43. The zero-order valence-electron chi connectivity index (χ0n) is 15.5. The number of rotatable bonds is 6. The smallest absolute Gasteiger partial charge is 0.179 e. The van der Waals surface area contributed by atoms with Crippen LogP contribution in [0.3, 0.4) is 0 Å². The molecule has 7 heteroatoms. The van der Waals surface area contributed by atoms with Gasteiger partial charge >= 0.3 is 0 Å². The number of benzene rings is 2. The third kappa shape index (κ3) is 3.57. The maximum absolute atomic E-state index is 14.4. The zero-order chi connectivity index (χ0) is 19.6. The van der Waals surface area contributed by atoms with E-state index in [1.807, 2.05) is 18.5 Å². The van der Waals surface area contributed by atoms with Gasteiger partial charge in [-0.15, -0.1) is 0 Å². The molecule has 0 saturated carbocycles. The molecule has 0 fully saturated rings. The third-order valence-electron chi connectivity index (χ3n) is 4.15. The molecular formula is C20H20ClFN2O3. The molecule has 0 aliphatic rings. The number of aryl methyl sites for hydroxylation is 1. The molecule has 3 aromatic rings. The summed E-state index contributed by atoms with van der Waals surface area (Å²) >= 11 is 6.33. The summed E-state index contributed by atoms with van der Waals surface area (Å²) in [5.41, 5.74) is 2.82. The Balaban J connectivity index is 2.14. The maximum atomic E-state index is 14.4. The van der Waals surface area contributed by atoms with E-state index in [4.69, 9.17) is 25.8 Å². The summed E-state index contributed by atoms with van der Waals surface area (Å²) in [5.74, 6) is 0.743. The highest BCUT2D eigenvalue weighted by molar-refractivity contribution is 6.32. The van der Waals surface area contributed by atoms with Gasteiger partial charge in [0.1, 0.15) is 0 Å². The highest BCUT2D eigenvalue weighted by atomic mass is 35.5. The minimum atomic E-state index is -0.424. The molecule has 0 amide bonds. The van der Waals surface area contributed by atoms with Gasteiger partial charge in [0, 0.05) is 18.2 Å². The zero-order valence-corrected chi connectivity index (χ0v) is 16.3. The van der Waals surface area contributed by atoms with Gasteiger partial charge in [-0.2, -0.15) is 0 Å². The molecule has 0 unspecified atom stereocenters. The van der Waals surface area contributed by atoms with E-state index in [0.717, 1.165) is 11.3 Å². The molecule has 3 rings (SSSR count). The Kier molecular flexibility index (Phi) is 5.56. The predicted molar refractivity (Wildman–Crippen MR) is 103 cm³/mol. The van der Waals surface area contributed by atoms with Crippen molar-refractivity contribution in [1.29, 1.82) is 0 Å². The molecule has 2 aromatic carbocycles. The molecule has 0 N–H and O–H groups in total. The van der Waals surface area contributed by atoms with Gasteiger partial charge in [-0.3, -0.25) is 0 Å². The molecule has 27 heavy (non-hydrogen) atoms. The number of aromatic nitrogens is 2. The number of methoxy groups -OCH3 is 2. The largest absolute Gasteiger partial charge is 0.493 e. The summed E-state index contributed by atoms with van der Waals surface area (Å²) < 4.78 is 32.1. The first-order valence-corrected chi connectivity index (χ1v) is 8.73. The average molecular weight is 391 g/mol. The fraction of sp³-hybridized carbons (Fsp3) is 0.250. The topological polar surface area (TPSA) is 45.5 Å². The molecule has 5 nitrogen and oxygen atoms in total. The average Bonchev–Trinajstić information content (AvgIpc) is 3.04. The molecule has 142 valence electrons. The van der Waals surface area contributed by atoms with E-state index in [0.29, 0.717) is 34.4 Å². The van der Waals surface area contributed by atoms with Crippen LogP contribution in [0, 0.1) is 5.82 Å². The van der Waals surface area contributed by atoms with Crippen molar-refractivity contribution in [3.63, 3.8) is 0 Å². The number of ether oxygens (including phenoxy) is 3. The molecule has 1 heterocycles. The molecule has 0 spiro atoms. The second-order valence-corrected chi connectivity index (χ2v) is 6.23. The SMILES string of the molecule is CCOc1ccc(-c2c(-c3cc(Cl)c(OC)c(OC)c3)ncn2C)cc1F. The van der Waals surface area contributed by atoms with Crippen molar-refractivity contribution in [2.24, 2.45) is 7.05 Å². The highest BCUT2D eigenvalue weighted by Crippen LogP contribution is 2.41. The van der Waals surface area contributed by atoms with Crippen molar-refractivity contribution in [2.75, 3.05) is 20.8 Å². The van der Waals surface area contributed by atoms with Crippen LogP contribution in [-0.4, -0.2) is 30.4 Å². The first-order valence-electron chi connectivity index (χ1n) is 8.36. The Hall–Kier alpha value is -2.73. The van der Waals surface area contributed by atoms with Crippen LogP contribution < -0.4 is 14.2 Å². The van der Waals surface area contributed by atoms with Gasteiger partial charge in [0.25, 0.3) is 0 Å². The molecule has 0 bridgehead atoms. The Labute approximate surface area is 162 Å². The van der Waals surface area contributed by atoms with Gasteiger partial charge < -0.3 is 18.8 Å². The number of imidazole rings is 1. The van der Waals surface area contributed by atoms with E-state index in [1.54, 1.807) is 37.7 Å². The Bertz CT molecular complexity index is 972. The monoisotopic (exact) mass is 390 g/mol. The summed E-state index contributed by atoms with van der Waals surface area (Å²) in [4.78, 5) is 4.48. The first kappa shape index (κ1) is 19.0. The summed E-state index contributed by atoms with van der Waals surface area (Å²) in [5, 5.41) is 0.404. The van der Waals surface area contributed by atoms with Crippen molar-refractivity contribution in [1.82, 2.24) is 9.55 Å². The molecular weight excluding hydrogens is 371 g/mol. The fourth-order valence-electron chi connectivity index (χ4n) is 2.96.